The molecule has 1 N–H and O–H groups in total. The molecule has 0 aliphatic rings. The Kier molecular flexibility index (Phi) is 5.27. The van der Waals surface area contributed by atoms with Gasteiger partial charge in [0.2, 0.25) is 0 Å². The molecule has 0 radical (unpaired) electrons. The standard InChI is InChI=1S/C17H13ClF3NO3S/c1-24-7-6-9-2-4-11(14(18)15(9)23)16-22-12-5-3-10(8-13(12)26-16)25-17(19,20)21/h2-5,8,23H,6-7H2,1H3. The summed E-state index contributed by atoms with van der Waals surface area (Å²) < 4.78 is 46.5. The number of fused-ring (bicyclic) bond motifs is 1. The van der Waals surface area contributed by atoms with Crippen molar-refractivity contribution in [2.24, 2.45) is 0 Å². The number of benzene rings is 2. The first-order valence-electron chi connectivity index (χ1n) is 7.44. The van der Waals surface area contributed by atoms with Crippen LogP contribution >= 0.6 is 22.9 Å². The van der Waals surface area contributed by atoms with Crippen molar-refractivity contribution in [3.8, 4) is 22.1 Å². The molecule has 1 aromatic heterocycles. The van der Waals surface area contributed by atoms with Crippen molar-refractivity contribution in [3.05, 3.63) is 40.9 Å². The van der Waals surface area contributed by atoms with E-state index in [2.05, 4.69) is 9.72 Å². The first-order valence-corrected chi connectivity index (χ1v) is 8.64. The summed E-state index contributed by atoms with van der Waals surface area (Å²) in [6.45, 7) is 0.437. The van der Waals surface area contributed by atoms with Crippen molar-refractivity contribution in [2.75, 3.05) is 13.7 Å². The van der Waals surface area contributed by atoms with Crippen LogP contribution in [-0.2, 0) is 11.2 Å². The Labute approximate surface area is 155 Å². The molecule has 26 heavy (non-hydrogen) atoms. The zero-order valence-corrected chi connectivity index (χ0v) is 15.0. The van der Waals surface area contributed by atoms with Gasteiger partial charge in [0.05, 0.1) is 21.8 Å². The van der Waals surface area contributed by atoms with E-state index in [1.807, 2.05) is 0 Å². The third kappa shape index (κ3) is 4.03. The van der Waals surface area contributed by atoms with Crippen LogP contribution in [-0.4, -0.2) is 30.2 Å². The second kappa shape index (κ2) is 7.30. The average Bonchev–Trinajstić information content (AvgIpc) is 2.97. The quantitative estimate of drug-likeness (QED) is 0.619. The van der Waals surface area contributed by atoms with E-state index >= 15 is 0 Å². The van der Waals surface area contributed by atoms with E-state index in [1.165, 1.54) is 18.2 Å². The molecule has 1 heterocycles. The Balaban J connectivity index is 1.96. The second-order valence-corrected chi connectivity index (χ2v) is 6.78. The minimum absolute atomic E-state index is 0.0541. The Bertz CT molecular complexity index is 943. The Hall–Kier alpha value is -2.03. The van der Waals surface area contributed by atoms with Gasteiger partial charge in [-0.2, -0.15) is 0 Å². The first kappa shape index (κ1) is 18.8. The molecule has 9 heteroatoms. The molecule has 0 spiro atoms. The number of thiazole rings is 1. The Morgan fingerprint density at radius 2 is 2.00 bits per heavy atom. The highest BCUT2D eigenvalue weighted by molar-refractivity contribution is 7.21. The number of aromatic nitrogens is 1. The minimum Gasteiger partial charge on any atom is -0.506 e. The van der Waals surface area contributed by atoms with Gasteiger partial charge in [-0.25, -0.2) is 4.98 Å². The van der Waals surface area contributed by atoms with Gasteiger partial charge in [-0.3, -0.25) is 0 Å². The van der Waals surface area contributed by atoms with E-state index in [9.17, 15) is 18.3 Å². The van der Waals surface area contributed by atoms with Gasteiger partial charge in [0.15, 0.2) is 0 Å². The van der Waals surface area contributed by atoms with Crippen LogP contribution in [0.25, 0.3) is 20.8 Å². The van der Waals surface area contributed by atoms with Crippen molar-refractivity contribution in [3.63, 3.8) is 0 Å². The molecule has 2 aromatic carbocycles. The van der Waals surface area contributed by atoms with E-state index in [0.717, 1.165) is 11.3 Å². The maximum Gasteiger partial charge on any atom is 0.573 e. The van der Waals surface area contributed by atoms with Crippen LogP contribution in [0.15, 0.2) is 30.3 Å². The van der Waals surface area contributed by atoms with Crippen molar-refractivity contribution in [1.82, 2.24) is 4.98 Å². The molecule has 3 aromatic rings. The molecule has 0 aliphatic heterocycles. The number of alkyl halides is 3. The zero-order valence-electron chi connectivity index (χ0n) is 13.4. The van der Waals surface area contributed by atoms with Crippen LogP contribution in [0.2, 0.25) is 5.02 Å². The maximum atomic E-state index is 12.3. The number of phenolic OH excluding ortho intramolecular Hbond substituents is 1. The molecule has 0 saturated carbocycles. The van der Waals surface area contributed by atoms with E-state index in [4.69, 9.17) is 16.3 Å². The number of halogens is 4. The van der Waals surface area contributed by atoms with E-state index in [1.54, 1.807) is 19.2 Å². The third-order valence-electron chi connectivity index (χ3n) is 3.60. The summed E-state index contributed by atoms with van der Waals surface area (Å²) in [6, 6.07) is 7.35. The average molecular weight is 404 g/mol. The molecule has 0 aliphatic carbocycles. The topological polar surface area (TPSA) is 51.6 Å². The summed E-state index contributed by atoms with van der Waals surface area (Å²) in [6.07, 6.45) is -4.26. The number of hydrogen-bond donors (Lipinski definition) is 1. The summed E-state index contributed by atoms with van der Waals surface area (Å²) in [7, 11) is 1.56. The molecule has 0 unspecified atom stereocenters. The molecule has 4 nitrogen and oxygen atoms in total. The molecular weight excluding hydrogens is 391 g/mol. The van der Waals surface area contributed by atoms with E-state index in [-0.39, 0.29) is 16.5 Å². The molecule has 3 rings (SSSR count). The number of aromatic hydroxyl groups is 1. The number of methoxy groups -OCH3 is 1. The van der Waals surface area contributed by atoms with Crippen LogP contribution in [0, 0.1) is 0 Å². The highest BCUT2D eigenvalue weighted by Crippen LogP contribution is 2.41. The largest absolute Gasteiger partial charge is 0.573 e. The number of ether oxygens (including phenoxy) is 2. The lowest BCUT2D eigenvalue weighted by atomic mass is 10.1. The van der Waals surface area contributed by atoms with Gasteiger partial charge in [-0.1, -0.05) is 17.7 Å². The minimum atomic E-state index is -4.76. The highest BCUT2D eigenvalue weighted by atomic mass is 35.5. The predicted octanol–water partition coefficient (Wildman–Crippen LogP) is 5.41. The van der Waals surface area contributed by atoms with Gasteiger partial charge >= 0.3 is 6.36 Å². The fourth-order valence-corrected chi connectivity index (χ4v) is 3.76. The third-order valence-corrected chi connectivity index (χ3v) is 5.03. The Morgan fingerprint density at radius 1 is 1.23 bits per heavy atom. The molecule has 0 atom stereocenters. The van der Waals surface area contributed by atoms with Crippen LogP contribution in [0.5, 0.6) is 11.5 Å². The van der Waals surface area contributed by atoms with Crippen LogP contribution in [0.4, 0.5) is 13.2 Å². The molecule has 0 fully saturated rings. The number of hydrogen-bond acceptors (Lipinski definition) is 5. The van der Waals surface area contributed by atoms with E-state index in [0.29, 0.717) is 39.4 Å². The summed E-state index contributed by atoms with van der Waals surface area (Å²) in [5, 5.41) is 10.9. The normalized spacial score (nSPS) is 11.9. The predicted molar refractivity (Wildman–Crippen MR) is 94.0 cm³/mol. The van der Waals surface area contributed by atoms with Crippen molar-refractivity contribution < 1.29 is 27.8 Å². The van der Waals surface area contributed by atoms with Gasteiger partial charge in [0.1, 0.15) is 16.5 Å². The second-order valence-electron chi connectivity index (χ2n) is 5.37. The van der Waals surface area contributed by atoms with Crippen LogP contribution in [0.1, 0.15) is 5.56 Å². The van der Waals surface area contributed by atoms with Gasteiger partial charge in [-0.15, -0.1) is 24.5 Å². The van der Waals surface area contributed by atoms with Crippen molar-refractivity contribution in [1.29, 1.82) is 0 Å². The van der Waals surface area contributed by atoms with E-state index < -0.39 is 6.36 Å². The lowest BCUT2D eigenvalue weighted by Crippen LogP contribution is -2.16. The van der Waals surface area contributed by atoms with Gasteiger partial charge in [0.25, 0.3) is 0 Å². The van der Waals surface area contributed by atoms with Crippen molar-refractivity contribution in [2.45, 2.75) is 12.8 Å². The summed E-state index contributed by atoms with van der Waals surface area (Å²) in [5.41, 5.74) is 1.66. The SMILES string of the molecule is COCCc1ccc(-c2nc3ccc(OC(F)(F)F)cc3s2)c(Cl)c1O. The van der Waals surface area contributed by atoms with Gasteiger partial charge in [0, 0.05) is 12.7 Å². The molecule has 138 valence electrons. The van der Waals surface area contributed by atoms with Crippen molar-refractivity contribution >= 4 is 33.2 Å². The molecular formula is C17H13ClF3NO3S. The smallest absolute Gasteiger partial charge is 0.506 e. The Morgan fingerprint density at radius 3 is 2.69 bits per heavy atom. The van der Waals surface area contributed by atoms with Crippen LogP contribution < -0.4 is 4.74 Å². The lowest BCUT2D eigenvalue weighted by Gasteiger charge is -2.08. The van der Waals surface area contributed by atoms with Crippen LogP contribution in [0.3, 0.4) is 0 Å². The highest BCUT2D eigenvalue weighted by Gasteiger charge is 2.31. The number of nitrogens with zero attached hydrogens (tertiary/aromatic N) is 1. The number of rotatable bonds is 5. The monoisotopic (exact) mass is 403 g/mol. The molecule has 0 saturated heterocycles. The lowest BCUT2D eigenvalue weighted by molar-refractivity contribution is -0.274. The van der Waals surface area contributed by atoms with Gasteiger partial charge in [-0.05, 0) is 36.2 Å². The first-order chi connectivity index (χ1) is 12.3. The summed E-state index contributed by atoms with van der Waals surface area (Å²) >= 11 is 7.42. The fourth-order valence-electron chi connectivity index (χ4n) is 2.40. The number of phenols is 1. The summed E-state index contributed by atoms with van der Waals surface area (Å²) in [4.78, 5) is 4.38. The zero-order chi connectivity index (χ0) is 18.9. The maximum absolute atomic E-state index is 12.3. The fraction of sp³-hybridized carbons (Fsp3) is 0.235. The van der Waals surface area contributed by atoms with Gasteiger partial charge < -0.3 is 14.6 Å². The molecule has 0 bridgehead atoms. The summed E-state index contributed by atoms with van der Waals surface area (Å²) in [5.74, 6) is -0.370. The molecule has 0 amide bonds.